The molecule has 1 N–H and O–H groups in total. The first-order valence-electron chi connectivity index (χ1n) is 7.22. The van der Waals surface area contributed by atoms with Crippen molar-refractivity contribution in [2.75, 3.05) is 41.1 Å². The lowest BCUT2D eigenvalue weighted by Gasteiger charge is -2.22. The molecule has 0 heterocycles. The molecule has 2 atom stereocenters. The van der Waals surface area contributed by atoms with Gasteiger partial charge in [-0.3, -0.25) is 0 Å². The molecule has 1 aromatic carbocycles. The number of rotatable bonds is 10. The van der Waals surface area contributed by atoms with Gasteiger partial charge in [0.05, 0.1) is 39.6 Å². The van der Waals surface area contributed by atoms with Crippen LogP contribution in [0, 0.1) is 0 Å². The summed E-state index contributed by atoms with van der Waals surface area (Å²) in [6, 6.07) is 6.03. The fourth-order valence-electron chi connectivity index (χ4n) is 2.13. The van der Waals surface area contributed by atoms with Gasteiger partial charge < -0.3 is 24.3 Å². The van der Waals surface area contributed by atoms with Gasteiger partial charge in [0.25, 0.3) is 0 Å². The number of likely N-dealkylation sites (N-methyl/N-ethyl adjacent to an activating group) is 1. The summed E-state index contributed by atoms with van der Waals surface area (Å²) in [5, 5.41) is 3.42. The molecule has 5 nitrogen and oxygen atoms in total. The number of benzene rings is 1. The molecule has 0 aliphatic carbocycles. The highest BCUT2D eigenvalue weighted by atomic mass is 16.5. The molecule has 0 amide bonds. The molecule has 0 aromatic heterocycles. The van der Waals surface area contributed by atoms with Crippen molar-refractivity contribution in [2.24, 2.45) is 0 Å². The lowest BCUT2D eigenvalue weighted by Crippen LogP contribution is -2.28. The molecule has 1 rings (SSSR count). The summed E-state index contributed by atoms with van der Waals surface area (Å²) in [4.78, 5) is 0. The SMILES string of the molecule is CCNC(COC(C)COC)c1ccc(OC)c(OC)c1. The Balaban J connectivity index is 2.79. The number of hydrogen-bond acceptors (Lipinski definition) is 5. The number of nitrogens with one attached hydrogen (secondary N) is 1. The van der Waals surface area contributed by atoms with E-state index in [0.29, 0.717) is 13.2 Å². The van der Waals surface area contributed by atoms with Crippen LogP contribution < -0.4 is 14.8 Å². The van der Waals surface area contributed by atoms with Crippen LogP contribution in [0.1, 0.15) is 25.5 Å². The van der Waals surface area contributed by atoms with Crippen LogP contribution in [0.25, 0.3) is 0 Å². The quantitative estimate of drug-likeness (QED) is 0.718. The Labute approximate surface area is 127 Å². The van der Waals surface area contributed by atoms with Crippen molar-refractivity contribution in [1.29, 1.82) is 0 Å². The van der Waals surface area contributed by atoms with E-state index in [0.717, 1.165) is 23.6 Å². The molecule has 120 valence electrons. The fourth-order valence-corrected chi connectivity index (χ4v) is 2.13. The summed E-state index contributed by atoms with van der Waals surface area (Å²) in [6.45, 7) is 6.10. The second kappa shape index (κ2) is 9.60. The molecule has 0 fully saturated rings. The predicted molar refractivity (Wildman–Crippen MR) is 83.3 cm³/mol. The van der Waals surface area contributed by atoms with E-state index in [1.807, 2.05) is 25.1 Å². The Bertz CT molecular complexity index is 411. The van der Waals surface area contributed by atoms with E-state index < -0.39 is 0 Å². The molecule has 0 saturated carbocycles. The largest absolute Gasteiger partial charge is 0.493 e. The lowest BCUT2D eigenvalue weighted by atomic mass is 10.1. The van der Waals surface area contributed by atoms with E-state index in [1.54, 1.807) is 21.3 Å². The molecule has 0 radical (unpaired) electrons. The van der Waals surface area contributed by atoms with E-state index in [9.17, 15) is 0 Å². The zero-order valence-electron chi connectivity index (χ0n) is 13.6. The van der Waals surface area contributed by atoms with Crippen LogP contribution in [-0.2, 0) is 9.47 Å². The standard InChI is InChI=1S/C16H27NO4/c1-6-17-14(11-21-12(2)10-18-3)13-7-8-15(19-4)16(9-13)20-5/h7-9,12,14,17H,6,10-11H2,1-5H3. The Morgan fingerprint density at radius 2 is 1.76 bits per heavy atom. The summed E-state index contributed by atoms with van der Waals surface area (Å²) < 4.78 is 21.5. The Morgan fingerprint density at radius 3 is 2.33 bits per heavy atom. The highest BCUT2D eigenvalue weighted by Gasteiger charge is 2.15. The van der Waals surface area contributed by atoms with Crippen LogP contribution in [0.5, 0.6) is 11.5 Å². The predicted octanol–water partition coefficient (Wildman–Crippen LogP) is 2.41. The van der Waals surface area contributed by atoms with Crippen molar-refractivity contribution in [3.63, 3.8) is 0 Å². The molecule has 0 spiro atoms. The Hall–Kier alpha value is -1.30. The van der Waals surface area contributed by atoms with Crippen LogP contribution in [0.3, 0.4) is 0 Å². The van der Waals surface area contributed by atoms with Crippen LogP contribution in [0.4, 0.5) is 0 Å². The maximum atomic E-state index is 5.82. The third-order valence-corrected chi connectivity index (χ3v) is 3.21. The van der Waals surface area contributed by atoms with Crippen LogP contribution in [-0.4, -0.2) is 47.2 Å². The smallest absolute Gasteiger partial charge is 0.161 e. The summed E-state index contributed by atoms with van der Waals surface area (Å²) in [7, 11) is 4.95. The van der Waals surface area contributed by atoms with Crippen LogP contribution >= 0.6 is 0 Å². The molecule has 21 heavy (non-hydrogen) atoms. The Morgan fingerprint density at radius 1 is 1.05 bits per heavy atom. The third-order valence-electron chi connectivity index (χ3n) is 3.21. The van der Waals surface area contributed by atoms with Gasteiger partial charge in [-0.2, -0.15) is 0 Å². The van der Waals surface area contributed by atoms with E-state index in [2.05, 4.69) is 12.2 Å². The van der Waals surface area contributed by atoms with E-state index in [-0.39, 0.29) is 12.1 Å². The molecule has 2 unspecified atom stereocenters. The first kappa shape index (κ1) is 17.8. The maximum Gasteiger partial charge on any atom is 0.161 e. The van der Waals surface area contributed by atoms with Gasteiger partial charge in [-0.05, 0) is 31.2 Å². The molecule has 5 heteroatoms. The van der Waals surface area contributed by atoms with Gasteiger partial charge in [0.15, 0.2) is 11.5 Å². The normalized spacial score (nSPS) is 13.8. The van der Waals surface area contributed by atoms with Crippen molar-refractivity contribution in [3.8, 4) is 11.5 Å². The molecule has 0 aliphatic heterocycles. The summed E-state index contributed by atoms with van der Waals surface area (Å²) in [5.41, 5.74) is 1.11. The highest BCUT2D eigenvalue weighted by Crippen LogP contribution is 2.30. The second-order valence-corrected chi connectivity index (χ2v) is 4.82. The van der Waals surface area contributed by atoms with Gasteiger partial charge >= 0.3 is 0 Å². The third kappa shape index (κ3) is 5.53. The molecular formula is C16H27NO4. The maximum absolute atomic E-state index is 5.82. The zero-order chi connectivity index (χ0) is 15.7. The molecular weight excluding hydrogens is 270 g/mol. The van der Waals surface area contributed by atoms with Crippen molar-refractivity contribution in [1.82, 2.24) is 5.32 Å². The van der Waals surface area contributed by atoms with Crippen LogP contribution in [0.2, 0.25) is 0 Å². The van der Waals surface area contributed by atoms with Gasteiger partial charge in [0, 0.05) is 7.11 Å². The molecule has 0 bridgehead atoms. The van der Waals surface area contributed by atoms with E-state index in [1.165, 1.54) is 0 Å². The minimum Gasteiger partial charge on any atom is -0.493 e. The van der Waals surface area contributed by atoms with Gasteiger partial charge in [0.1, 0.15) is 0 Å². The topological polar surface area (TPSA) is 49.0 Å². The summed E-state index contributed by atoms with van der Waals surface area (Å²) in [5.74, 6) is 1.45. The van der Waals surface area contributed by atoms with Gasteiger partial charge in [-0.25, -0.2) is 0 Å². The average molecular weight is 297 g/mol. The molecule has 1 aromatic rings. The van der Waals surface area contributed by atoms with Gasteiger partial charge in [-0.1, -0.05) is 13.0 Å². The molecule has 0 aliphatic rings. The number of ether oxygens (including phenoxy) is 4. The summed E-state index contributed by atoms with van der Waals surface area (Å²) >= 11 is 0. The minimum atomic E-state index is 0.0660. The minimum absolute atomic E-state index is 0.0660. The van der Waals surface area contributed by atoms with Gasteiger partial charge in [0.2, 0.25) is 0 Å². The van der Waals surface area contributed by atoms with E-state index >= 15 is 0 Å². The van der Waals surface area contributed by atoms with Crippen molar-refractivity contribution < 1.29 is 18.9 Å². The summed E-state index contributed by atoms with van der Waals surface area (Å²) in [6.07, 6.45) is 0.0660. The molecule has 0 saturated heterocycles. The monoisotopic (exact) mass is 297 g/mol. The zero-order valence-corrected chi connectivity index (χ0v) is 13.6. The van der Waals surface area contributed by atoms with Crippen molar-refractivity contribution >= 4 is 0 Å². The average Bonchev–Trinajstić information content (AvgIpc) is 2.51. The Kier molecular flexibility index (Phi) is 8.12. The fraction of sp³-hybridized carbons (Fsp3) is 0.625. The van der Waals surface area contributed by atoms with Crippen LogP contribution in [0.15, 0.2) is 18.2 Å². The van der Waals surface area contributed by atoms with Gasteiger partial charge in [-0.15, -0.1) is 0 Å². The number of hydrogen-bond donors (Lipinski definition) is 1. The second-order valence-electron chi connectivity index (χ2n) is 4.82. The number of methoxy groups -OCH3 is 3. The highest BCUT2D eigenvalue weighted by molar-refractivity contribution is 5.43. The van der Waals surface area contributed by atoms with Crippen molar-refractivity contribution in [3.05, 3.63) is 23.8 Å². The lowest BCUT2D eigenvalue weighted by molar-refractivity contribution is -0.000404. The first-order chi connectivity index (χ1) is 10.2. The van der Waals surface area contributed by atoms with Crippen molar-refractivity contribution in [2.45, 2.75) is 26.0 Å². The first-order valence-corrected chi connectivity index (χ1v) is 7.22. The van der Waals surface area contributed by atoms with E-state index in [4.69, 9.17) is 18.9 Å².